The van der Waals surface area contributed by atoms with E-state index >= 15 is 0 Å². The number of halogens is 1. The van der Waals surface area contributed by atoms with Crippen LogP contribution >= 0.6 is 0 Å². The van der Waals surface area contributed by atoms with Crippen LogP contribution in [0.4, 0.5) is 10.1 Å². The van der Waals surface area contributed by atoms with E-state index in [1.165, 1.54) is 28.3 Å². The average Bonchev–Trinajstić information content (AvgIpc) is 3.47. The van der Waals surface area contributed by atoms with E-state index in [-0.39, 0.29) is 5.82 Å². The molecule has 0 saturated heterocycles. The first-order valence-electron chi connectivity index (χ1n) is 12.8. The molecule has 2 heterocycles. The molecule has 194 valence electrons. The van der Waals surface area contributed by atoms with Crippen LogP contribution in [0, 0.1) is 5.82 Å². The van der Waals surface area contributed by atoms with Crippen molar-refractivity contribution in [1.82, 2.24) is 9.97 Å². The van der Waals surface area contributed by atoms with Crippen LogP contribution in [0.1, 0.15) is 36.3 Å². The van der Waals surface area contributed by atoms with Crippen molar-refractivity contribution in [1.29, 1.82) is 0 Å². The van der Waals surface area contributed by atoms with Gasteiger partial charge in [0.05, 0.1) is 17.5 Å². The highest BCUT2D eigenvalue weighted by molar-refractivity contribution is 7.92. The van der Waals surface area contributed by atoms with Crippen LogP contribution < -0.4 is 4.31 Å². The molecule has 8 heteroatoms. The lowest BCUT2D eigenvalue weighted by Gasteiger charge is -2.25. The number of hydrogen-bond acceptors (Lipinski definition) is 4. The highest BCUT2D eigenvalue weighted by Crippen LogP contribution is 2.49. The van der Waals surface area contributed by atoms with Gasteiger partial charge in [0.15, 0.2) is 0 Å². The average molecular weight is 530 g/mol. The topological polar surface area (TPSA) is 79.2 Å². The molecule has 0 unspecified atom stereocenters. The normalized spacial score (nSPS) is 13.7. The smallest absolute Gasteiger partial charge is 0.232 e. The minimum Gasteiger partial charge on any atom is -0.455 e. The van der Waals surface area contributed by atoms with E-state index in [4.69, 9.17) is 4.42 Å². The molecule has 6 nitrogen and oxygen atoms in total. The number of aryl methyl sites for hydroxylation is 1. The molecule has 1 aliphatic rings. The number of rotatable bonds is 9. The molecule has 0 radical (unpaired) electrons. The fourth-order valence-electron chi connectivity index (χ4n) is 5.06. The third-order valence-corrected chi connectivity index (χ3v) is 8.21. The second-order valence-corrected chi connectivity index (χ2v) is 11.8. The van der Waals surface area contributed by atoms with Crippen molar-refractivity contribution in [2.45, 2.75) is 31.6 Å². The van der Waals surface area contributed by atoms with Crippen molar-refractivity contribution in [3.8, 4) is 22.7 Å². The Bertz CT molecular complexity index is 1670. The summed E-state index contributed by atoms with van der Waals surface area (Å²) in [5.74, 6) is 1.16. The van der Waals surface area contributed by atoms with Gasteiger partial charge in [0.1, 0.15) is 23.0 Å². The number of imidazole rings is 1. The van der Waals surface area contributed by atoms with Gasteiger partial charge in [-0.05, 0) is 73.1 Å². The fourth-order valence-corrected chi connectivity index (χ4v) is 6.04. The van der Waals surface area contributed by atoms with Gasteiger partial charge in [-0.2, -0.15) is 0 Å². The van der Waals surface area contributed by atoms with E-state index in [9.17, 15) is 12.8 Å². The Hall–Kier alpha value is -3.91. The zero-order chi connectivity index (χ0) is 26.3. The van der Waals surface area contributed by atoms with Crippen molar-refractivity contribution >= 4 is 26.7 Å². The molecule has 1 aliphatic carbocycles. The van der Waals surface area contributed by atoms with E-state index < -0.39 is 10.0 Å². The van der Waals surface area contributed by atoms with Gasteiger partial charge in [0, 0.05) is 36.0 Å². The third kappa shape index (κ3) is 4.84. The number of aromatic amines is 1. The maximum atomic E-state index is 13.7. The van der Waals surface area contributed by atoms with E-state index in [2.05, 4.69) is 28.2 Å². The van der Waals surface area contributed by atoms with Crippen molar-refractivity contribution in [2.75, 3.05) is 17.1 Å². The van der Waals surface area contributed by atoms with Gasteiger partial charge in [0.25, 0.3) is 0 Å². The number of nitrogens with one attached hydrogen (secondary N) is 1. The monoisotopic (exact) mass is 529 g/mol. The molecule has 6 rings (SSSR count). The molecule has 0 spiro atoms. The van der Waals surface area contributed by atoms with Gasteiger partial charge < -0.3 is 9.40 Å². The van der Waals surface area contributed by atoms with Crippen molar-refractivity contribution < 1.29 is 17.2 Å². The summed E-state index contributed by atoms with van der Waals surface area (Å²) in [6, 6.07) is 20.1. The van der Waals surface area contributed by atoms with Crippen LogP contribution in [-0.2, 0) is 16.4 Å². The number of hydrogen-bond donors (Lipinski definition) is 1. The Morgan fingerprint density at radius 3 is 2.50 bits per heavy atom. The molecule has 38 heavy (non-hydrogen) atoms. The Labute approximate surface area is 221 Å². The molecule has 0 bridgehead atoms. The standard InChI is InChI=1S/C30H28FN3O3S/c1-38(35,36)34(17-5-8-20-6-3-2-4-7-20)26-19-27-25(18-24(26)21-9-10-21)28(30-32-15-16-33-30)29(37-27)22-11-13-23(31)14-12-22/h2-4,6-7,11-16,18-19,21H,5,8-10,17H2,1H3,(H,32,33). The predicted molar refractivity (Wildman–Crippen MR) is 148 cm³/mol. The number of benzene rings is 3. The number of nitrogens with zero attached hydrogens (tertiary/aromatic N) is 2. The fraction of sp³-hybridized carbons (Fsp3) is 0.233. The quantitative estimate of drug-likeness (QED) is 0.225. The Morgan fingerprint density at radius 1 is 1.08 bits per heavy atom. The lowest BCUT2D eigenvalue weighted by atomic mass is 10.0. The second-order valence-electron chi connectivity index (χ2n) is 9.86. The summed E-state index contributed by atoms with van der Waals surface area (Å²) >= 11 is 0. The predicted octanol–water partition coefficient (Wildman–Crippen LogP) is 6.91. The van der Waals surface area contributed by atoms with Crippen molar-refractivity contribution in [3.05, 3.63) is 96.1 Å². The summed E-state index contributed by atoms with van der Waals surface area (Å²) in [7, 11) is -3.54. The number of anilines is 1. The lowest BCUT2D eigenvalue weighted by Crippen LogP contribution is -2.32. The molecule has 0 aliphatic heterocycles. The zero-order valence-corrected chi connectivity index (χ0v) is 21.8. The first-order valence-corrected chi connectivity index (χ1v) is 14.6. The number of furan rings is 1. The number of fused-ring (bicyclic) bond motifs is 1. The van der Waals surface area contributed by atoms with Gasteiger partial charge in [-0.15, -0.1) is 0 Å². The van der Waals surface area contributed by atoms with Gasteiger partial charge in [0.2, 0.25) is 10.0 Å². The SMILES string of the molecule is CS(=O)(=O)N(CCCc1ccccc1)c1cc2oc(-c3ccc(F)cc3)c(-c3ncc[nH]3)c2cc1C1CC1. The van der Waals surface area contributed by atoms with E-state index in [0.29, 0.717) is 47.3 Å². The Balaban J connectivity index is 1.47. The Kier molecular flexibility index (Phi) is 6.27. The summed E-state index contributed by atoms with van der Waals surface area (Å²) < 4.78 is 47.7. The maximum Gasteiger partial charge on any atom is 0.232 e. The van der Waals surface area contributed by atoms with Crippen molar-refractivity contribution in [3.63, 3.8) is 0 Å². The van der Waals surface area contributed by atoms with Crippen LogP contribution in [0.5, 0.6) is 0 Å². The molecule has 1 N–H and O–H groups in total. The molecular formula is C30H28FN3O3S. The minimum absolute atomic E-state index is 0.293. The largest absolute Gasteiger partial charge is 0.455 e. The zero-order valence-electron chi connectivity index (χ0n) is 21.0. The number of H-pyrrole nitrogens is 1. The van der Waals surface area contributed by atoms with Gasteiger partial charge in [-0.1, -0.05) is 30.3 Å². The third-order valence-electron chi connectivity index (χ3n) is 7.03. The van der Waals surface area contributed by atoms with Gasteiger partial charge in [-0.25, -0.2) is 17.8 Å². The lowest BCUT2D eigenvalue weighted by molar-refractivity contribution is 0.594. The van der Waals surface area contributed by atoms with E-state index in [1.54, 1.807) is 24.5 Å². The number of sulfonamides is 1. The summed E-state index contributed by atoms with van der Waals surface area (Å²) in [6.45, 7) is 0.371. The molecule has 5 aromatic rings. The second kappa shape index (κ2) is 9.76. The molecular weight excluding hydrogens is 501 g/mol. The van der Waals surface area contributed by atoms with Crippen molar-refractivity contribution in [2.24, 2.45) is 0 Å². The molecule has 1 saturated carbocycles. The molecule has 2 aromatic heterocycles. The summed E-state index contributed by atoms with van der Waals surface area (Å²) in [6.07, 6.45) is 8.18. The molecule has 1 fully saturated rings. The summed E-state index contributed by atoms with van der Waals surface area (Å²) in [5.41, 5.74) is 4.90. The molecule has 0 atom stereocenters. The van der Waals surface area contributed by atoms with Crippen LogP contribution in [0.25, 0.3) is 33.7 Å². The van der Waals surface area contributed by atoms with Crippen LogP contribution in [0.3, 0.4) is 0 Å². The van der Waals surface area contributed by atoms with Gasteiger partial charge >= 0.3 is 0 Å². The molecule has 3 aromatic carbocycles. The van der Waals surface area contributed by atoms with Crippen LogP contribution in [0.15, 0.2) is 83.5 Å². The number of aromatic nitrogens is 2. The minimum atomic E-state index is -3.54. The maximum absolute atomic E-state index is 13.7. The first kappa shape index (κ1) is 24.4. The van der Waals surface area contributed by atoms with E-state index in [0.717, 1.165) is 35.8 Å². The van der Waals surface area contributed by atoms with Gasteiger partial charge in [-0.3, -0.25) is 4.31 Å². The highest BCUT2D eigenvalue weighted by atomic mass is 32.2. The van der Waals surface area contributed by atoms with Crippen LogP contribution in [-0.4, -0.2) is 31.2 Å². The van der Waals surface area contributed by atoms with Crippen LogP contribution in [0.2, 0.25) is 0 Å². The summed E-state index contributed by atoms with van der Waals surface area (Å²) in [4.78, 5) is 7.64. The highest BCUT2D eigenvalue weighted by Gasteiger charge is 2.32. The summed E-state index contributed by atoms with van der Waals surface area (Å²) in [5, 5.41) is 0.850. The molecule has 0 amide bonds. The first-order chi connectivity index (χ1) is 18.4. The Morgan fingerprint density at radius 2 is 1.84 bits per heavy atom. The van der Waals surface area contributed by atoms with E-state index in [1.807, 2.05) is 24.3 Å².